The number of benzene rings is 2. The van der Waals surface area contributed by atoms with E-state index in [0.717, 1.165) is 19.2 Å². The van der Waals surface area contributed by atoms with Gasteiger partial charge in [-0.05, 0) is 30.7 Å². The van der Waals surface area contributed by atoms with Crippen LogP contribution >= 0.6 is 23.2 Å². The first-order valence-corrected chi connectivity index (χ1v) is 9.47. The van der Waals surface area contributed by atoms with Crippen LogP contribution in [0.4, 0.5) is 24.5 Å². The molecule has 32 heavy (non-hydrogen) atoms. The first kappa shape index (κ1) is 23.4. The minimum atomic E-state index is -4.86. The van der Waals surface area contributed by atoms with E-state index in [1.54, 1.807) is 25.1 Å². The Hall–Kier alpha value is -3.31. The van der Waals surface area contributed by atoms with Crippen LogP contribution in [0.15, 0.2) is 36.4 Å². The number of ether oxygens (including phenoxy) is 1. The van der Waals surface area contributed by atoms with Crippen LogP contribution in [0.2, 0.25) is 10.0 Å². The molecule has 8 nitrogen and oxygen atoms in total. The van der Waals surface area contributed by atoms with Crippen LogP contribution in [0, 0.1) is 17.0 Å². The monoisotopic (exact) mass is 488 g/mol. The summed E-state index contributed by atoms with van der Waals surface area (Å²) in [5, 5.41) is 16.4. The third-order valence-electron chi connectivity index (χ3n) is 4.20. The van der Waals surface area contributed by atoms with E-state index in [-0.39, 0.29) is 11.4 Å². The Morgan fingerprint density at radius 1 is 1.19 bits per heavy atom. The van der Waals surface area contributed by atoms with Gasteiger partial charge in [-0.15, -0.1) is 0 Å². The van der Waals surface area contributed by atoms with Crippen molar-refractivity contribution < 1.29 is 27.6 Å². The second-order valence-corrected chi connectivity index (χ2v) is 7.36. The van der Waals surface area contributed by atoms with E-state index >= 15 is 0 Å². The number of alkyl halides is 3. The van der Waals surface area contributed by atoms with Gasteiger partial charge in [-0.3, -0.25) is 19.6 Å². The van der Waals surface area contributed by atoms with Gasteiger partial charge in [-0.2, -0.15) is 18.3 Å². The SMILES string of the molecule is Cc1cc(Oc2cc(NC(=O)c3c(Cl)c(C(F)(F)F)nn3C)cc([N+](=O)[O-])c2)ccc1Cl. The van der Waals surface area contributed by atoms with E-state index in [2.05, 4.69) is 10.4 Å². The molecule has 0 spiro atoms. The summed E-state index contributed by atoms with van der Waals surface area (Å²) in [6.07, 6.45) is -4.86. The van der Waals surface area contributed by atoms with Crippen molar-refractivity contribution >= 4 is 40.5 Å². The van der Waals surface area contributed by atoms with E-state index in [0.29, 0.717) is 21.0 Å². The molecule has 1 amide bonds. The summed E-state index contributed by atoms with van der Waals surface area (Å²) in [6, 6.07) is 8.14. The lowest BCUT2D eigenvalue weighted by Crippen LogP contribution is -2.16. The van der Waals surface area contributed by atoms with Crippen LogP contribution in [-0.4, -0.2) is 20.6 Å². The molecule has 1 aromatic heterocycles. The molecule has 0 radical (unpaired) electrons. The van der Waals surface area contributed by atoms with E-state index < -0.39 is 39.1 Å². The number of aryl methyl sites for hydroxylation is 2. The highest BCUT2D eigenvalue weighted by Crippen LogP contribution is 2.36. The summed E-state index contributed by atoms with van der Waals surface area (Å²) >= 11 is 11.7. The topological polar surface area (TPSA) is 99.3 Å². The van der Waals surface area contributed by atoms with E-state index in [1.807, 2.05) is 0 Å². The van der Waals surface area contributed by atoms with Crippen molar-refractivity contribution in [2.75, 3.05) is 5.32 Å². The number of nitro benzene ring substituents is 1. The molecular weight excluding hydrogens is 476 g/mol. The molecule has 0 atom stereocenters. The molecule has 0 bridgehead atoms. The van der Waals surface area contributed by atoms with Crippen molar-refractivity contribution in [2.45, 2.75) is 13.1 Å². The lowest BCUT2D eigenvalue weighted by Gasteiger charge is -2.11. The highest BCUT2D eigenvalue weighted by molar-refractivity contribution is 6.35. The highest BCUT2D eigenvalue weighted by atomic mass is 35.5. The van der Waals surface area contributed by atoms with E-state index in [9.17, 15) is 28.1 Å². The van der Waals surface area contributed by atoms with Crippen molar-refractivity contribution in [1.29, 1.82) is 0 Å². The summed E-state index contributed by atoms with van der Waals surface area (Å²) < 4.78 is 45.3. The Morgan fingerprint density at radius 2 is 1.88 bits per heavy atom. The molecule has 168 valence electrons. The largest absolute Gasteiger partial charge is 0.457 e. The van der Waals surface area contributed by atoms with Crippen LogP contribution in [0.25, 0.3) is 0 Å². The van der Waals surface area contributed by atoms with Gasteiger partial charge in [0, 0.05) is 24.2 Å². The van der Waals surface area contributed by atoms with Gasteiger partial charge in [-0.25, -0.2) is 0 Å². The van der Waals surface area contributed by atoms with Gasteiger partial charge in [-0.1, -0.05) is 23.2 Å². The number of nitro groups is 1. The number of carbonyl (C=O) groups is 1. The zero-order valence-electron chi connectivity index (χ0n) is 16.3. The smallest absolute Gasteiger partial charge is 0.436 e. The number of non-ortho nitro benzene ring substituents is 1. The Bertz CT molecular complexity index is 1230. The molecule has 3 aromatic rings. The van der Waals surface area contributed by atoms with Crippen molar-refractivity contribution in [2.24, 2.45) is 7.05 Å². The summed E-state index contributed by atoms with van der Waals surface area (Å²) in [6.45, 7) is 1.74. The van der Waals surface area contributed by atoms with Gasteiger partial charge in [0.25, 0.3) is 11.6 Å². The fourth-order valence-corrected chi connectivity index (χ4v) is 3.22. The zero-order valence-corrected chi connectivity index (χ0v) is 17.8. The predicted octanol–water partition coefficient (Wildman–Crippen LogP) is 6.01. The number of hydrogen-bond acceptors (Lipinski definition) is 5. The fourth-order valence-electron chi connectivity index (χ4n) is 2.75. The maximum absolute atomic E-state index is 13.0. The molecule has 1 N–H and O–H groups in total. The number of rotatable bonds is 5. The van der Waals surface area contributed by atoms with Crippen LogP contribution in [0.1, 0.15) is 21.7 Å². The summed E-state index contributed by atoms with van der Waals surface area (Å²) in [5.74, 6) is -0.716. The zero-order chi connectivity index (χ0) is 23.8. The van der Waals surface area contributed by atoms with Gasteiger partial charge in [0.1, 0.15) is 22.2 Å². The second-order valence-electron chi connectivity index (χ2n) is 6.57. The van der Waals surface area contributed by atoms with Gasteiger partial charge >= 0.3 is 6.18 Å². The van der Waals surface area contributed by atoms with Crippen LogP contribution in [0.5, 0.6) is 11.5 Å². The maximum Gasteiger partial charge on any atom is 0.436 e. The van der Waals surface area contributed by atoms with Crippen LogP contribution in [0.3, 0.4) is 0 Å². The van der Waals surface area contributed by atoms with Crippen molar-refractivity contribution in [3.8, 4) is 11.5 Å². The van der Waals surface area contributed by atoms with Crippen molar-refractivity contribution in [1.82, 2.24) is 9.78 Å². The Balaban J connectivity index is 1.94. The number of nitrogens with zero attached hydrogens (tertiary/aromatic N) is 3. The highest BCUT2D eigenvalue weighted by Gasteiger charge is 2.39. The predicted molar refractivity (Wildman–Crippen MR) is 111 cm³/mol. The van der Waals surface area contributed by atoms with Gasteiger partial charge < -0.3 is 10.1 Å². The number of halogens is 5. The lowest BCUT2D eigenvalue weighted by atomic mass is 10.2. The number of amides is 1. The Kier molecular flexibility index (Phi) is 6.33. The first-order valence-electron chi connectivity index (χ1n) is 8.71. The molecule has 1 heterocycles. The third kappa shape index (κ3) is 4.94. The maximum atomic E-state index is 13.0. The van der Waals surface area contributed by atoms with Gasteiger partial charge in [0.15, 0.2) is 5.69 Å². The van der Waals surface area contributed by atoms with Crippen LogP contribution < -0.4 is 10.1 Å². The van der Waals surface area contributed by atoms with Crippen molar-refractivity contribution in [3.05, 3.63) is 73.5 Å². The van der Waals surface area contributed by atoms with Gasteiger partial charge in [0.2, 0.25) is 0 Å². The van der Waals surface area contributed by atoms with Gasteiger partial charge in [0.05, 0.1) is 16.7 Å². The fraction of sp³-hybridized carbons (Fsp3) is 0.158. The third-order valence-corrected chi connectivity index (χ3v) is 4.98. The normalized spacial score (nSPS) is 11.3. The second kappa shape index (κ2) is 8.67. The first-order chi connectivity index (χ1) is 14.9. The molecule has 2 aromatic carbocycles. The quantitative estimate of drug-likeness (QED) is 0.350. The molecule has 0 aliphatic heterocycles. The number of nitrogens with one attached hydrogen (secondary N) is 1. The number of anilines is 1. The van der Waals surface area contributed by atoms with E-state index in [1.165, 1.54) is 6.07 Å². The molecule has 3 rings (SSSR count). The average molecular weight is 489 g/mol. The number of aromatic nitrogens is 2. The molecule has 0 fully saturated rings. The van der Waals surface area contributed by atoms with Crippen LogP contribution in [-0.2, 0) is 13.2 Å². The molecule has 0 unspecified atom stereocenters. The molecule has 13 heteroatoms. The Labute approximate surface area is 188 Å². The Morgan fingerprint density at radius 3 is 2.44 bits per heavy atom. The standard InChI is InChI=1S/C19H13Cl2F3N4O4/c1-9-5-12(3-4-14(9)20)32-13-7-10(6-11(8-13)28(30)31)25-18(29)16-15(21)17(19(22,23)24)26-27(16)2/h3-8H,1-2H3,(H,25,29). The minimum absolute atomic E-state index is 0.00306. The molecule has 0 aliphatic rings. The number of carbonyl (C=O) groups excluding carboxylic acids is 1. The van der Waals surface area contributed by atoms with E-state index in [4.69, 9.17) is 27.9 Å². The summed E-state index contributed by atoms with van der Waals surface area (Å²) in [7, 11) is 1.11. The molecule has 0 aliphatic carbocycles. The average Bonchev–Trinajstić information content (AvgIpc) is 2.99. The minimum Gasteiger partial charge on any atom is -0.457 e. The summed E-state index contributed by atoms with van der Waals surface area (Å²) in [4.78, 5) is 23.2. The lowest BCUT2D eigenvalue weighted by molar-refractivity contribution is -0.384. The molecule has 0 saturated carbocycles. The summed E-state index contributed by atoms with van der Waals surface area (Å²) in [5.41, 5.74) is -1.81. The number of hydrogen-bond donors (Lipinski definition) is 1. The molecule has 0 saturated heterocycles. The van der Waals surface area contributed by atoms with Crippen molar-refractivity contribution in [3.63, 3.8) is 0 Å². The molecular formula is C19H13Cl2F3N4O4.